The highest BCUT2D eigenvalue weighted by Crippen LogP contribution is 2.02. The van der Waals surface area contributed by atoms with E-state index < -0.39 is 0 Å². The number of thiocarbonyl (C=S) groups is 1. The summed E-state index contributed by atoms with van der Waals surface area (Å²) in [5, 5.41) is 2.34. The number of hydrogen-bond acceptors (Lipinski definition) is 2. The van der Waals surface area contributed by atoms with E-state index >= 15 is 0 Å². The quantitative estimate of drug-likeness (QED) is 0.655. The van der Waals surface area contributed by atoms with Crippen LogP contribution in [0, 0.1) is 6.92 Å². The maximum absolute atomic E-state index is 11.3. The van der Waals surface area contributed by atoms with Crippen molar-refractivity contribution in [2.45, 2.75) is 6.92 Å². The van der Waals surface area contributed by atoms with Crippen LogP contribution >= 0.6 is 12.2 Å². The maximum atomic E-state index is 11.3. The topological polar surface area (TPSA) is 55.1 Å². The molecule has 0 bridgehead atoms. The fourth-order valence-corrected chi connectivity index (χ4v) is 0.982. The van der Waals surface area contributed by atoms with Gasteiger partial charge in [0, 0.05) is 5.56 Å². The first-order valence-corrected chi connectivity index (χ1v) is 4.18. The first kappa shape index (κ1) is 9.67. The van der Waals surface area contributed by atoms with Crippen molar-refractivity contribution in [3.05, 3.63) is 35.4 Å². The Morgan fingerprint density at radius 3 is 2.38 bits per heavy atom. The Labute approximate surface area is 81.9 Å². The van der Waals surface area contributed by atoms with Gasteiger partial charge in [0.15, 0.2) is 5.11 Å². The summed E-state index contributed by atoms with van der Waals surface area (Å²) in [6.45, 7) is 1.95. The Bertz CT molecular complexity index is 332. The van der Waals surface area contributed by atoms with E-state index in [2.05, 4.69) is 17.5 Å². The molecule has 68 valence electrons. The third-order valence-electron chi connectivity index (χ3n) is 1.55. The summed E-state index contributed by atoms with van der Waals surface area (Å²) in [6.07, 6.45) is 0. The van der Waals surface area contributed by atoms with Crippen molar-refractivity contribution >= 4 is 23.2 Å². The molecular formula is C9H10N2OS. The second kappa shape index (κ2) is 4.00. The van der Waals surface area contributed by atoms with Gasteiger partial charge < -0.3 is 5.73 Å². The molecule has 3 nitrogen and oxygen atoms in total. The van der Waals surface area contributed by atoms with Crippen LogP contribution < -0.4 is 11.1 Å². The molecule has 1 rings (SSSR count). The van der Waals surface area contributed by atoms with E-state index in [1.54, 1.807) is 12.1 Å². The van der Waals surface area contributed by atoms with Crippen molar-refractivity contribution in [3.63, 3.8) is 0 Å². The average Bonchev–Trinajstić information content (AvgIpc) is 2.04. The molecule has 0 aromatic heterocycles. The number of nitrogens with one attached hydrogen (secondary N) is 1. The maximum Gasteiger partial charge on any atom is 0.257 e. The SMILES string of the molecule is Cc1ccc(C(=O)NC(N)=S)cc1. The molecule has 4 heteroatoms. The van der Waals surface area contributed by atoms with Crippen molar-refractivity contribution in [2.24, 2.45) is 5.73 Å². The van der Waals surface area contributed by atoms with E-state index in [0.29, 0.717) is 5.56 Å². The molecule has 0 aliphatic carbocycles. The lowest BCUT2D eigenvalue weighted by molar-refractivity contribution is 0.0977. The standard InChI is InChI=1S/C9H10N2OS/c1-6-2-4-7(5-3-6)8(12)11-9(10)13/h2-5H,1H3,(H3,10,11,12,13). The number of amides is 1. The van der Waals surface area contributed by atoms with E-state index in [1.165, 1.54) is 0 Å². The lowest BCUT2D eigenvalue weighted by Gasteiger charge is -2.02. The lowest BCUT2D eigenvalue weighted by atomic mass is 10.1. The van der Waals surface area contributed by atoms with Crippen LogP contribution in [0.5, 0.6) is 0 Å². The minimum absolute atomic E-state index is 0.00873. The molecule has 0 heterocycles. The number of hydrogen-bond donors (Lipinski definition) is 2. The van der Waals surface area contributed by atoms with E-state index in [4.69, 9.17) is 5.73 Å². The zero-order chi connectivity index (χ0) is 9.84. The molecule has 1 amide bonds. The molecule has 0 aliphatic heterocycles. The van der Waals surface area contributed by atoms with Gasteiger partial charge in [-0.3, -0.25) is 10.1 Å². The molecule has 1 aromatic carbocycles. The Morgan fingerprint density at radius 1 is 1.38 bits per heavy atom. The van der Waals surface area contributed by atoms with Gasteiger partial charge in [0.25, 0.3) is 5.91 Å². The fourth-order valence-electron chi connectivity index (χ4n) is 0.889. The molecule has 1 aromatic rings. The molecule has 0 saturated heterocycles. The number of rotatable bonds is 1. The normalized spacial score (nSPS) is 9.31. The van der Waals surface area contributed by atoms with Crippen LogP contribution in [-0.2, 0) is 0 Å². The predicted molar refractivity (Wildman–Crippen MR) is 55.4 cm³/mol. The van der Waals surface area contributed by atoms with Crippen LogP contribution in [0.1, 0.15) is 15.9 Å². The van der Waals surface area contributed by atoms with Gasteiger partial charge in [-0.15, -0.1) is 0 Å². The third kappa shape index (κ3) is 2.83. The summed E-state index contributed by atoms with van der Waals surface area (Å²) in [7, 11) is 0. The molecule has 13 heavy (non-hydrogen) atoms. The molecule has 0 saturated carbocycles. The van der Waals surface area contributed by atoms with Crippen LogP contribution in [0.25, 0.3) is 0 Å². The van der Waals surface area contributed by atoms with Gasteiger partial charge in [0.1, 0.15) is 0 Å². The van der Waals surface area contributed by atoms with Crippen molar-refractivity contribution < 1.29 is 4.79 Å². The van der Waals surface area contributed by atoms with Gasteiger partial charge in [-0.1, -0.05) is 17.7 Å². The summed E-state index contributed by atoms with van der Waals surface area (Å²) in [6, 6.07) is 7.16. The largest absolute Gasteiger partial charge is 0.376 e. The number of aryl methyl sites for hydroxylation is 1. The van der Waals surface area contributed by atoms with Crippen molar-refractivity contribution in [1.29, 1.82) is 0 Å². The van der Waals surface area contributed by atoms with Gasteiger partial charge >= 0.3 is 0 Å². The highest BCUT2D eigenvalue weighted by molar-refractivity contribution is 7.80. The van der Waals surface area contributed by atoms with Gasteiger partial charge in [-0.05, 0) is 31.3 Å². The van der Waals surface area contributed by atoms with Crippen LogP contribution in [0.3, 0.4) is 0 Å². The zero-order valence-corrected chi connectivity index (χ0v) is 8.02. The summed E-state index contributed by atoms with van der Waals surface area (Å²) >= 11 is 4.54. The van der Waals surface area contributed by atoms with Crippen LogP contribution in [0.4, 0.5) is 0 Å². The third-order valence-corrected chi connectivity index (χ3v) is 1.65. The molecule has 0 atom stereocenters. The van der Waals surface area contributed by atoms with Crippen LogP contribution in [0.2, 0.25) is 0 Å². The lowest BCUT2D eigenvalue weighted by Crippen LogP contribution is -2.34. The highest BCUT2D eigenvalue weighted by atomic mass is 32.1. The first-order valence-electron chi connectivity index (χ1n) is 3.77. The molecule has 0 fully saturated rings. The van der Waals surface area contributed by atoms with Crippen molar-refractivity contribution in [1.82, 2.24) is 5.32 Å². The van der Waals surface area contributed by atoms with Crippen LogP contribution in [-0.4, -0.2) is 11.0 Å². The molecule has 0 radical (unpaired) electrons. The predicted octanol–water partition coefficient (Wildman–Crippen LogP) is 0.968. The first-order chi connectivity index (χ1) is 6.09. The van der Waals surface area contributed by atoms with E-state index in [-0.39, 0.29) is 11.0 Å². The summed E-state index contributed by atoms with van der Waals surface area (Å²) in [5.74, 6) is -0.271. The fraction of sp³-hybridized carbons (Fsp3) is 0.111. The molecule has 0 unspecified atom stereocenters. The van der Waals surface area contributed by atoms with Gasteiger partial charge in [-0.25, -0.2) is 0 Å². The molecule has 3 N–H and O–H groups in total. The second-order valence-corrected chi connectivity index (χ2v) is 3.12. The number of carbonyl (C=O) groups is 1. The smallest absolute Gasteiger partial charge is 0.257 e. The van der Waals surface area contributed by atoms with E-state index in [1.807, 2.05) is 19.1 Å². The minimum Gasteiger partial charge on any atom is -0.376 e. The minimum atomic E-state index is -0.271. The Morgan fingerprint density at radius 2 is 1.92 bits per heavy atom. The summed E-state index contributed by atoms with van der Waals surface area (Å²) in [5.41, 5.74) is 6.82. The van der Waals surface area contributed by atoms with Gasteiger partial charge in [-0.2, -0.15) is 0 Å². The summed E-state index contributed by atoms with van der Waals surface area (Å²) in [4.78, 5) is 11.3. The van der Waals surface area contributed by atoms with E-state index in [0.717, 1.165) is 5.56 Å². The molecular weight excluding hydrogens is 184 g/mol. The Balaban J connectivity index is 2.78. The molecule has 0 aliphatic rings. The average molecular weight is 194 g/mol. The Kier molecular flexibility index (Phi) is 2.97. The summed E-state index contributed by atoms with van der Waals surface area (Å²) < 4.78 is 0. The Hall–Kier alpha value is -1.42. The van der Waals surface area contributed by atoms with E-state index in [9.17, 15) is 4.79 Å². The van der Waals surface area contributed by atoms with Crippen LogP contribution in [0.15, 0.2) is 24.3 Å². The zero-order valence-electron chi connectivity index (χ0n) is 7.20. The number of benzene rings is 1. The second-order valence-electron chi connectivity index (χ2n) is 2.68. The van der Waals surface area contributed by atoms with Crippen molar-refractivity contribution in [2.75, 3.05) is 0 Å². The van der Waals surface area contributed by atoms with Gasteiger partial charge in [0.2, 0.25) is 0 Å². The number of nitrogens with two attached hydrogens (primary N) is 1. The van der Waals surface area contributed by atoms with Gasteiger partial charge in [0.05, 0.1) is 0 Å². The monoisotopic (exact) mass is 194 g/mol. The molecule has 0 spiro atoms. The van der Waals surface area contributed by atoms with Crippen molar-refractivity contribution in [3.8, 4) is 0 Å². The highest BCUT2D eigenvalue weighted by Gasteiger charge is 2.04. The number of carbonyl (C=O) groups excluding carboxylic acids is 1.